The van der Waals surface area contributed by atoms with E-state index in [-0.39, 0.29) is 24.4 Å². The molecule has 0 aliphatic carbocycles. The highest BCUT2D eigenvalue weighted by Crippen LogP contribution is 2.28. The summed E-state index contributed by atoms with van der Waals surface area (Å²) in [6.07, 6.45) is 3.22. The van der Waals surface area contributed by atoms with Gasteiger partial charge in [-0.1, -0.05) is 38.1 Å². The number of pyridine rings is 1. The molecule has 11 nitrogen and oxygen atoms in total. The minimum absolute atomic E-state index is 0.00379. The molecule has 4 amide bonds. The molecule has 2 aromatic carbocycles. The summed E-state index contributed by atoms with van der Waals surface area (Å²) in [5, 5.41) is 4.76. The highest BCUT2D eigenvalue weighted by Gasteiger charge is 2.38. The molecule has 0 spiro atoms. The molecule has 0 saturated heterocycles. The maximum absolute atomic E-state index is 13.3. The summed E-state index contributed by atoms with van der Waals surface area (Å²) < 4.78 is 5.63. The van der Waals surface area contributed by atoms with Crippen LogP contribution in [0.1, 0.15) is 78.5 Å². The first-order valence-corrected chi connectivity index (χ1v) is 14.2. The number of ether oxygens (including phenoxy) is 1. The van der Waals surface area contributed by atoms with Gasteiger partial charge in [-0.2, -0.15) is 0 Å². The van der Waals surface area contributed by atoms with Crippen LogP contribution < -0.4 is 16.2 Å². The van der Waals surface area contributed by atoms with E-state index in [0.29, 0.717) is 17.5 Å². The van der Waals surface area contributed by atoms with Gasteiger partial charge in [-0.25, -0.2) is 0 Å². The molecule has 0 fully saturated rings. The van der Waals surface area contributed by atoms with Crippen molar-refractivity contribution < 1.29 is 28.7 Å². The van der Waals surface area contributed by atoms with E-state index in [1.54, 1.807) is 45.0 Å². The van der Waals surface area contributed by atoms with Gasteiger partial charge in [0.15, 0.2) is 0 Å². The molecule has 2 heterocycles. The van der Waals surface area contributed by atoms with Crippen molar-refractivity contribution in [2.45, 2.75) is 65.1 Å². The zero-order valence-corrected chi connectivity index (χ0v) is 25.0. The zero-order valence-electron chi connectivity index (χ0n) is 25.0. The normalized spacial score (nSPS) is 14.4. The third kappa shape index (κ3) is 7.81. The van der Waals surface area contributed by atoms with Crippen molar-refractivity contribution in [3.05, 3.63) is 77.6 Å². The summed E-state index contributed by atoms with van der Waals surface area (Å²) in [7, 11) is 0. The summed E-state index contributed by atoms with van der Waals surface area (Å²) in [5.74, 6) is -2.58. The van der Waals surface area contributed by atoms with E-state index in [1.165, 1.54) is 12.4 Å². The number of fused-ring (bicyclic) bond motifs is 2. The van der Waals surface area contributed by atoms with Crippen LogP contribution in [0.4, 0.5) is 0 Å². The molecule has 3 aromatic rings. The molecule has 1 aliphatic heterocycles. The van der Waals surface area contributed by atoms with Crippen molar-refractivity contribution in [1.29, 1.82) is 0 Å². The monoisotopic (exact) mass is 587 g/mol. The van der Waals surface area contributed by atoms with Gasteiger partial charge in [0.2, 0.25) is 0 Å². The number of carbonyl (C=O) groups is 5. The molecular formula is C32H37N5O6. The summed E-state index contributed by atoms with van der Waals surface area (Å²) >= 11 is 0. The number of aromatic nitrogens is 1. The lowest BCUT2D eigenvalue weighted by Gasteiger charge is -2.29. The van der Waals surface area contributed by atoms with Crippen molar-refractivity contribution >= 4 is 40.4 Å². The molecule has 2 atom stereocenters. The van der Waals surface area contributed by atoms with Gasteiger partial charge < -0.3 is 4.74 Å². The van der Waals surface area contributed by atoms with Gasteiger partial charge in [0, 0.05) is 18.9 Å². The Balaban J connectivity index is 1.50. The van der Waals surface area contributed by atoms with Gasteiger partial charge >= 0.3 is 5.97 Å². The van der Waals surface area contributed by atoms with Crippen molar-refractivity contribution in [3.63, 3.8) is 0 Å². The van der Waals surface area contributed by atoms with E-state index in [2.05, 4.69) is 21.2 Å². The lowest BCUT2D eigenvalue weighted by atomic mass is 10.0. The second kappa shape index (κ2) is 13.1. The second-order valence-corrected chi connectivity index (χ2v) is 11.9. The number of hydrogen-bond donors (Lipinski definition) is 3. The smallest absolute Gasteiger partial charge is 0.323 e. The highest BCUT2D eigenvalue weighted by atomic mass is 16.6. The summed E-state index contributed by atoms with van der Waals surface area (Å²) in [5.41, 5.74) is 4.86. The Kier molecular flexibility index (Phi) is 9.55. The number of amides is 4. The third-order valence-electron chi connectivity index (χ3n) is 6.82. The largest absolute Gasteiger partial charge is 0.459 e. The summed E-state index contributed by atoms with van der Waals surface area (Å²) in [6, 6.07) is 12.1. The quantitative estimate of drug-likeness (QED) is 0.186. The lowest BCUT2D eigenvalue weighted by Crippen LogP contribution is -2.56. The van der Waals surface area contributed by atoms with E-state index < -0.39 is 47.3 Å². The fraction of sp³-hybridized carbons (Fsp3) is 0.375. The first-order chi connectivity index (χ1) is 20.3. The Hall–Kier alpha value is -4.64. The van der Waals surface area contributed by atoms with Crippen molar-refractivity contribution in [2.24, 2.45) is 5.92 Å². The minimum atomic E-state index is -1.04. The van der Waals surface area contributed by atoms with Crippen molar-refractivity contribution in [1.82, 2.24) is 26.1 Å². The Labute approximate surface area is 250 Å². The molecule has 0 radical (unpaired) electrons. The van der Waals surface area contributed by atoms with Crippen LogP contribution in [-0.4, -0.2) is 63.7 Å². The molecular weight excluding hydrogens is 550 g/mol. The van der Waals surface area contributed by atoms with Crippen LogP contribution in [0.5, 0.6) is 0 Å². The van der Waals surface area contributed by atoms with Crippen molar-refractivity contribution in [3.8, 4) is 0 Å². The number of nitrogens with one attached hydrogen (secondary N) is 3. The van der Waals surface area contributed by atoms with E-state index in [0.717, 1.165) is 15.7 Å². The van der Waals surface area contributed by atoms with Crippen molar-refractivity contribution in [2.75, 3.05) is 6.54 Å². The fourth-order valence-corrected chi connectivity index (χ4v) is 4.82. The summed E-state index contributed by atoms with van der Waals surface area (Å²) in [4.78, 5) is 70.5. The number of carbonyl (C=O) groups excluding carboxylic acids is 5. The molecule has 1 aromatic heterocycles. The van der Waals surface area contributed by atoms with Crippen LogP contribution in [0.2, 0.25) is 0 Å². The first-order valence-electron chi connectivity index (χ1n) is 14.2. The van der Waals surface area contributed by atoms with Crippen LogP contribution in [0.25, 0.3) is 10.8 Å². The summed E-state index contributed by atoms with van der Waals surface area (Å²) in [6.45, 7) is 8.94. The molecule has 43 heavy (non-hydrogen) atoms. The van der Waals surface area contributed by atoms with Gasteiger partial charge in [-0.05, 0) is 74.6 Å². The average molecular weight is 588 g/mol. The van der Waals surface area contributed by atoms with Crippen LogP contribution >= 0.6 is 0 Å². The topological polar surface area (TPSA) is 147 Å². The molecule has 0 unspecified atom stereocenters. The number of nitrogens with zero attached hydrogens (tertiary/aromatic N) is 2. The highest BCUT2D eigenvalue weighted by molar-refractivity contribution is 6.23. The fourth-order valence-electron chi connectivity index (χ4n) is 4.82. The predicted molar refractivity (Wildman–Crippen MR) is 160 cm³/mol. The molecule has 0 saturated carbocycles. The van der Waals surface area contributed by atoms with Crippen LogP contribution in [0.3, 0.4) is 0 Å². The average Bonchev–Trinajstić information content (AvgIpc) is 3.19. The zero-order chi connectivity index (χ0) is 31.3. The Morgan fingerprint density at radius 3 is 2.07 bits per heavy atom. The minimum Gasteiger partial charge on any atom is -0.459 e. The molecule has 226 valence electrons. The SMILES string of the molecule is CC(C)C[C@H](N[C@H](CCN1C(=O)c2cc3ccccc3cc2C1=O)C(=O)OC(C)(C)C)C(=O)NNC(=O)c1cccnc1. The van der Waals surface area contributed by atoms with Crippen LogP contribution in [0, 0.1) is 5.92 Å². The van der Waals surface area contributed by atoms with Gasteiger partial charge in [0.25, 0.3) is 23.6 Å². The number of hydrazine groups is 1. The molecule has 4 rings (SSSR count). The third-order valence-corrected chi connectivity index (χ3v) is 6.82. The van der Waals surface area contributed by atoms with Gasteiger partial charge in [-0.15, -0.1) is 0 Å². The van der Waals surface area contributed by atoms with E-state index >= 15 is 0 Å². The Bertz CT molecular complexity index is 1480. The Morgan fingerprint density at radius 1 is 0.907 bits per heavy atom. The van der Waals surface area contributed by atoms with Gasteiger partial charge in [0.05, 0.1) is 22.7 Å². The molecule has 11 heteroatoms. The van der Waals surface area contributed by atoms with E-state index in [9.17, 15) is 24.0 Å². The maximum Gasteiger partial charge on any atom is 0.323 e. The maximum atomic E-state index is 13.3. The van der Waals surface area contributed by atoms with Crippen LogP contribution in [-0.2, 0) is 14.3 Å². The standard InChI is InChI=1S/C32H37N5O6/c1-19(2)15-26(28(39)36-35-27(38)22-11-8-13-33-18-22)34-25(31(42)43-32(3,4)5)12-14-37-29(40)23-16-20-9-6-7-10-21(20)17-24(23)30(37)41/h6-11,13,16-19,25-26,34H,12,14-15H2,1-5H3,(H,35,38)(H,36,39)/t25-,26+/m1/s1. The van der Waals surface area contributed by atoms with E-state index in [4.69, 9.17) is 4.74 Å². The first kappa shape index (κ1) is 31.3. The number of esters is 1. The molecule has 0 bridgehead atoms. The van der Waals surface area contributed by atoms with Crippen LogP contribution in [0.15, 0.2) is 60.9 Å². The van der Waals surface area contributed by atoms with E-state index in [1.807, 2.05) is 38.1 Å². The second-order valence-electron chi connectivity index (χ2n) is 11.9. The predicted octanol–water partition coefficient (Wildman–Crippen LogP) is 3.40. The number of rotatable bonds is 10. The number of hydrogen-bond acceptors (Lipinski definition) is 8. The Morgan fingerprint density at radius 2 is 1.53 bits per heavy atom. The number of imide groups is 1. The molecule has 3 N–H and O–H groups in total. The van der Waals surface area contributed by atoms with Gasteiger partial charge in [0.1, 0.15) is 11.6 Å². The van der Waals surface area contributed by atoms with Gasteiger partial charge in [-0.3, -0.25) is 50.0 Å². The lowest BCUT2D eigenvalue weighted by molar-refractivity contribution is -0.158. The number of benzene rings is 2. The molecule has 1 aliphatic rings.